The SMILES string of the molecule is CN(C)c1cccc(C(=O)NCCn2nc(C(F)(F)F)cc2C2CC2)c1. The van der Waals surface area contributed by atoms with Crippen LogP contribution in [-0.2, 0) is 12.7 Å². The maximum absolute atomic E-state index is 12.9. The van der Waals surface area contributed by atoms with Crippen LogP contribution in [0.4, 0.5) is 18.9 Å². The average molecular weight is 366 g/mol. The second-order valence-corrected chi connectivity index (χ2v) is 6.65. The summed E-state index contributed by atoms with van der Waals surface area (Å²) in [4.78, 5) is 14.2. The molecule has 8 heteroatoms. The van der Waals surface area contributed by atoms with Crippen molar-refractivity contribution < 1.29 is 18.0 Å². The van der Waals surface area contributed by atoms with Gasteiger partial charge in [0.2, 0.25) is 0 Å². The molecular formula is C18H21F3N4O. The molecule has 1 aliphatic rings. The summed E-state index contributed by atoms with van der Waals surface area (Å²) >= 11 is 0. The van der Waals surface area contributed by atoms with Crippen molar-refractivity contribution in [2.75, 3.05) is 25.5 Å². The Kier molecular flexibility index (Phi) is 4.93. The third kappa shape index (κ3) is 4.17. The molecule has 5 nitrogen and oxygen atoms in total. The molecule has 3 rings (SSSR count). The summed E-state index contributed by atoms with van der Waals surface area (Å²) in [6.07, 6.45) is -2.69. The van der Waals surface area contributed by atoms with Crippen molar-refractivity contribution in [3.63, 3.8) is 0 Å². The molecule has 0 atom stereocenters. The van der Waals surface area contributed by atoms with Crippen LogP contribution >= 0.6 is 0 Å². The molecule has 1 aromatic carbocycles. The molecule has 1 amide bonds. The van der Waals surface area contributed by atoms with E-state index in [1.165, 1.54) is 4.68 Å². The van der Waals surface area contributed by atoms with E-state index in [9.17, 15) is 18.0 Å². The highest BCUT2D eigenvalue weighted by Gasteiger charge is 2.37. The highest BCUT2D eigenvalue weighted by atomic mass is 19.4. The molecule has 26 heavy (non-hydrogen) atoms. The van der Waals surface area contributed by atoms with Gasteiger partial charge in [-0.3, -0.25) is 9.48 Å². The largest absolute Gasteiger partial charge is 0.435 e. The molecule has 1 aromatic heterocycles. The predicted molar refractivity (Wildman–Crippen MR) is 92.3 cm³/mol. The number of nitrogens with one attached hydrogen (secondary N) is 1. The third-order valence-corrected chi connectivity index (χ3v) is 4.33. The zero-order valence-electron chi connectivity index (χ0n) is 14.7. The highest BCUT2D eigenvalue weighted by Crippen LogP contribution is 2.42. The van der Waals surface area contributed by atoms with Crippen molar-refractivity contribution in [1.29, 1.82) is 0 Å². The Labute approximate surface area is 149 Å². The van der Waals surface area contributed by atoms with Crippen LogP contribution in [-0.4, -0.2) is 36.3 Å². The Hall–Kier alpha value is -2.51. The summed E-state index contributed by atoms with van der Waals surface area (Å²) in [5.41, 5.74) is 1.14. The molecule has 0 radical (unpaired) electrons. The van der Waals surface area contributed by atoms with Gasteiger partial charge in [0.1, 0.15) is 0 Å². The van der Waals surface area contributed by atoms with Crippen molar-refractivity contribution in [3.05, 3.63) is 47.3 Å². The van der Waals surface area contributed by atoms with Gasteiger partial charge in [0.15, 0.2) is 5.69 Å². The van der Waals surface area contributed by atoms with Gasteiger partial charge in [-0.1, -0.05) is 6.07 Å². The van der Waals surface area contributed by atoms with Gasteiger partial charge in [0, 0.05) is 43.5 Å². The number of benzene rings is 1. The normalized spacial score (nSPS) is 14.3. The van der Waals surface area contributed by atoms with Crippen molar-refractivity contribution in [1.82, 2.24) is 15.1 Å². The lowest BCUT2D eigenvalue weighted by Gasteiger charge is -2.13. The Morgan fingerprint density at radius 2 is 2.04 bits per heavy atom. The number of carbonyl (C=O) groups excluding carboxylic acids is 1. The summed E-state index contributed by atoms with van der Waals surface area (Å²) < 4.78 is 40.0. The Morgan fingerprint density at radius 1 is 1.31 bits per heavy atom. The van der Waals surface area contributed by atoms with E-state index in [0.717, 1.165) is 24.6 Å². The van der Waals surface area contributed by atoms with Crippen LogP contribution in [0.15, 0.2) is 30.3 Å². The van der Waals surface area contributed by atoms with Crippen LogP contribution in [0.25, 0.3) is 0 Å². The number of hydrogen-bond acceptors (Lipinski definition) is 3. The molecule has 1 aliphatic carbocycles. The lowest BCUT2D eigenvalue weighted by Crippen LogP contribution is -2.28. The highest BCUT2D eigenvalue weighted by molar-refractivity contribution is 5.95. The first-order valence-corrected chi connectivity index (χ1v) is 8.46. The van der Waals surface area contributed by atoms with Crippen molar-refractivity contribution >= 4 is 11.6 Å². The number of carbonyl (C=O) groups is 1. The summed E-state index contributed by atoms with van der Waals surface area (Å²) in [7, 11) is 3.76. The Morgan fingerprint density at radius 3 is 2.65 bits per heavy atom. The number of hydrogen-bond donors (Lipinski definition) is 1. The lowest BCUT2D eigenvalue weighted by molar-refractivity contribution is -0.141. The molecule has 1 fully saturated rings. The molecule has 0 saturated heterocycles. The van der Waals surface area contributed by atoms with Crippen molar-refractivity contribution in [2.45, 2.75) is 31.5 Å². The molecule has 2 aromatic rings. The first-order chi connectivity index (χ1) is 12.3. The summed E-state index contributed by atoms with van der Waals surface area (Å²) in [6, 6.07) is 8.27. The molecule has 1 N–H and O–H groups in total. The topological polar surface area (TPSA) is 50.2 Å². The van der Waals surface area contributed by atoms with E-state index in [2.05, 4.69) is 10.4 Å². The molecule has 1 heterocycles. The third-order valence-electron chi connectivity index (χ3n) is 4.33. The first-order valence-electron chi connectivity index (χ1n) is 8.46. The van der Waals surface area contributed by atoms with Crippen LogP contribution in [0.5, 0.6) is 0 Å². The second kappa shape index (κ2) is 7.01. The molecule has 140 valence electrons. The summed E-state index contributed by atoms with van der Waals surface area (Å²) in [6.45, 7) is 0.421. The van der Waals surface area contributed by atoms with Crippen LogP contribution in [0.1, 0.15) is 40.5 Å². The molecule has 0 bridgehead atoms. The smallest absolute Gasteiger partial charge is 0.378 e. The van der Waals surface area contributed by atoms with Crippen LogP contribution < -0.4 is 10.2 Å². The van der Waals surface area contributed by atoms with Gasteiger partial charge in [0.25, 0.3) is 5.91 Å². The van der Waals surface area contributed by atoms with E-state index in [4.69, 9.17) is 0 Å². The number of anilines is 1. The van der Waals surface area contributed by atoms with Gasteiger partial charge in [-0.2, -0.15) is 18.3 Å². The number of amides is 1. The van der Waals surface area contributed by atoms with Gasteiger partial charge in [-0.25, -0.2) is 0 Å². The van der Waals surface area contributed by atoms with Gasteiger partial charge < -0.3 is 10.2 Å². The number of alkyl halides is 3. The second-order valence-electron chi connectivity index (χ2n) is 6.65. The maximum atomic E-state index is 12.9. The number of aromatic nitrogens is 2. The summed E-state index contributed by atoms with van der Waals surface area (Å²) in [5, 5.41) is 6.43. The van der Waals surface area contributed by atoms with Gasteiger partial charge >= 0.3 is 6.18 Å². The predicted octanol–water partition coefficient (Wildman–Crippen LogP) is 3.28. The van der Waals surface area contributed by atoms with E-state index >= 15 is 0 Å². The fourth-order valence-corrected chi connectivity index (χ4v) is 2.76. The fraction of sp³-hybridized carbons (Fsp3) is 0.444. The van der Waals surface area contributed by atoms with Gasteiger partial charge in [0.05, 0.1) is 6.54 Å². The van der Waals surface area contributed by atoms with E-state index < -0.39 is 11.9 Å². The Bertz CT molecular complexity index is 794. The summed E-state index contributed by atoms with van der Waals surface area (Å²) in [5.74, 6) is -0.115. The van der Waals surface area contributed by atoms with E-state index in [-0.39, 0.29) is 24.9 Å². The molecular weight excluding hydrogens is 345 g/mol. The van der Waals surface area contributed by atoms with Crippen LogP contribution in [0.2, 0.25) is 0 Å². The minimum Gasteiger partial charge on any atom is -0.378 e. The number of nitrogens with zero attached hydrogens (tertiary/aromatic N) is 3. The molecule has 0 unspecified atom stereocenters. The van der Waals surface area contributed by atoms with E-state index in [0.29, 0.717) is 11.3 Å². The van der Waals surface area contributed by atoms with Crippen LogP contribution in [0.3, 0.4) is 0 Å². The van der Waals surface area contributed by atoms with Crippen LogP contribution in [0, 0.1) is 0 Å². The minimum atomic E-state index is -4.45. The standard InChI is InChI=1S/C18H21F3N4O/c1-24(2)14-5-3-4-13(10-14)17(26)22-8-9-25-15(12-6-7-12)11-16(23-25)18(19,20)21/h3-5,10-12H,6-9H2,1-2H3,(H,22,26). The molecule has 1 saturated carbocycles. The fourth-order valence-electron chi connectivity index (χ4n) is 2.76. The monoisotopic (exact) mass is 366 g/mol. The maximum Gasteiger partial charge on any atom is 0.435 e. The zero-order chi connectivity index (χ0) is 18.9. The van der Waals surface area contributed by atoms with Crippen molar-refractivity contribution in [3.8, 4) is 0 Å². The quantitative estimate of drug-likeness (QED) is 0.854. The molecule has 0 aliphatic heterocycles. The zero-order valence-corrected chi connectivity index (χ0v) is 14.7. The van der Waals surface area contributed by atoms with Crippen molar-refractivity contribution in [2.24, 2.45) is 0 Å². The van der Waals surface area contributed by atoms with Gasteiger partial charge in [-0.15, -0.1) is 0 Å². The average Bonchev–Trinajstić information content (AvgIpc) is 3.33. The minimum absolute atomic E-state index is 0.145. The first kappa shape index (κ1) is 18.3. The van der Waals surface area contributed by atoms with Gasteiger partial charge in [-0.05, 0) is 37.1 Å². The number of halogens is 3. The Balaban J connectivity index is 1.64. The van der Waals surface area contributed by atoms with E-state index in [1.54, 1.807) is 18.2 Å². The lowest BCUT2D eigenvalue weighted by atomic mass is 10.2. The number of rotatable bonds is 6. The molecule has 0 spiro atoms. The van der Waals surface area contributed by atoms with E-state index in [1.807, 2.05) is 25.1 Å².